The van der Waals surface area contributed by atoms with Gasteiger partial charge in [-0.05, 0) is 4.33 Å². The van der Waals surface area contributed by atoms with Crippen LogP contribution in [0.1, 0.15) is 0 Å². The number of carbonyl (C=O) groups is 1. The summed E-state index contributed by atoms with van der Waals surface area (Å²) in [6, 6.07) is 0. The van der Waals surface area contributed by atoms with Gasteiger partial charge in [0.05, 0.1) is 0 Å². The third-order valence-corrected chi connectivity index (χ3v) is 0.930. The number of carbonyl (C=O) groups excluding carboxylic acids is 1. The topological polar surface area (TPSA) is 78.9 Å². The smallest absolute Gasteiger partial charge is 0.286 e. The van der Waals surface area contributed by atoms with Crippen molar-refractivity contribution in [3.8, 4) is 0 Å². The average molecular weight is 140 g/mol. The standard InChI is InChI=1S/CO6S/c2-1-5-7-8(3,4)6-1. The second kappa shape index (κ2) is 1.33. The maximum Gasteiger partial charge on any atom is 0.559 e. The fraction of sp³-hybridized carbons (Fsp3) is 0. The molecule has 6 nitrogen and oxygen atoms in total. The molecule has 1 aliphatic heterocycles. The van der Waals surface area contributed by atoms with E-state index in [0.29, 0.717) is 0 Å². The van der Waals surface area contributed by atoms with Gasteiger partial charge in [0, 0.05) is 0 Å². The highest BCUT2D eigenvalue weighted by atomic mass is 32.3. The van der Waals surface area contributed by atoms with Gasteiger partial charge in [-0.3, -0.25) is 4.18 Å². The molecule has 0 aliphatic carbocycles. The van der Waals surface area contributed by atoms with Crippen molar-refractivity contribution in [2.24, 2.45) is 0 Å². The predicted molar refractivity (Wildman–Crippen MR) is 17.6 cm³/mol. The first-order valence-electron chi connectivity index (χ1n) is 1.45. The Morgan fingerprint density at radius 2 is 2.00 bits per heavy atom. The molecule has 0 radical (unpaired) electrons. The van der Waals surface area contributed by atoms with Crippen molar-refractivity contribution in [2.45, 2.75) is 0 Å². The molecule has 0 N–H and O–H groups in total. The van der Waals surface area contributed by atoms with Crippen LogP contribution in [-0.2, 0) is 23.8 Å². The summed E-state index contributed by atoms with van der Waals surface area (Å²) >= 11 is 0. The third-order valence-electron chi connectivity index (χ3n) is 0.355. The molecule has 0 aromatic rings. The Kier molecular flexibility index (Phi) is 0.882. The minimum atomic E-state index is -4.17. The van der Waals surface area contributed by atoms with Crippen LogP contribution in [0.15, 0.2) is 0 Å². The predicted octanol–water partition coefficient (Wildman–Crippen LogP) is -0.670. The Morgan fingerprint density at radius 3 is 2.12 bits per heavy atom. The van der Waals surface area contributed by atoms with E-state index in [9.17, 15) is 13.2 Å². The number of rotatable bonds is 0. The SMILES string of the molecule is O=C1OOS(=O)(=O)O1. The van der Waals surface area contributed by atoms with E-state index in [2.05, 4.69) is 13.4 Å². The summed E-state index contributed by atoms with van der Waals surface area (Å²) in [7, 11) is -4.17. The molecule has 8 heavy (non-hydrogen) atoms. The lowest BCUT2D eigenvalue weighted by Gasteiger charge is -1.76. The van der Waals surface area contributed by atoms with Crippen molar-refractivity contribution >= 4 is 16.6 Å². The summed E-state index contributed by atoms with van der Waals surface area (Å²) in [5.41, 5.74) is 0. The highest BCUT2D eigenvalue weighted by molar-refractivity contribution is 7.82. The lowest BCUT2D eigenvalue weighted by atomic mass is 11.4. The van der Waals surface area contributed by atoms with E-state index >= 15 is 0 Å². The second-order valence-corrected chi connectivity index (χ2v) is 2.01. The molecule has 1 aliphatic rings. The van der Waals surface area contributed by atoms with Gasteiger partial charge in [0.2, 0.25) is 0 Å². The largest absolute Gasteiger partial charge is 0.559 e. The summed E-state index contributed by atoms with van der Waals surface area (Å²) in [5.74, 6) is 0. The van der Waals surface area contributed by atoms with E-state index in [1.54, 1.807) is 0 Å². The molecule has 1 fully saturated rings. The third kappa shape index (κ3) is 0.873. The summed E-state index contributed by atoms with van der Waals surface area (Å²) < 4.78 is 26.5. The Hall–Kier alpha value is -0.820. The zero-order valence-corrected chi connectivity index (χ0v) is 4.17. The summed E-state index contributed by atoms with van der Waals surface area (Å²) in [6.07, 6.45) is -1.37. The number of hydrogen-bond donors (Lipinski definition) is 0. The summed E-state index contributed by atoms with van der Waals surface area (Å²) in [4.78, 5) is 13.1. The first-order chi connectivity index (χ1) is 3.60. The van der Waals surface area contributed by atoms with Crippen molar-refractivity contribution in [3.05, 3.63) is 0 Å². The highest BCUT2D eigenvalue weighted by Crippen LogP contribution is 2.07. The van der Waals surface area contributed by atoms with Crippen LogP contribution in [0, 0.1) is 0 Å². The molecule has 0 saturated carbocycles. The van der Waals surface area contributed by atoms with Gasteiger partial charge in [0.1, 0.15) is 0 Å². The maximum atomic E-state index is 9.85. The van der Waals surface area contributed by atoms with E-state index in [4.69, 9.17) is 0 Å². The van der Waals surface area contributed by atoms with Crippen LogP contribution < -0.4 is 0 Å². The molecule has 0 aromatic heterocycles. The Balaban J connectivity index is 2.86. The van der Waals surface area contributed by atoms with E-state index in [1.807, 2.05) is 0 Å². The van der Waals surface area contributed by atoms with Gasteiger partial charge in [-0.1, -0.05) is 0 Å². The zero-order chi connectivity index (χ0) is 6.20. The average Bonchev–Trinajstić information content (AvgIpc) is 1.82. The molecular weight excluding hydrogens is 140 g/mol. The molecule has 1 rings (SSSR count). The van der Waals surface area contributed by atoms with Gasteiger partial charge in [-0.2, -0.15) is 13.2 Å². The van der Waals surface area contributed by atoms with Crippen LogP contribution in [0.2, 0.25) is 0 Å². The van der Waals surface area contributed by atoms with Crippen molar-refractivity contribution in [2.75, 3.05) is 0 Å². The van der Waals surface area contributed by atoms with Crippen LogP contribution in [0.3, 0.4) is 0 Å². The second-order valence-electron chi connectivity index (χ2n) is 0.893. The van der Waals surface area contributed by atoms with Crippen molar-refractivity contribution in [1.29, 1.82) is 0 Å². The van der Waals surface area contributed by atoms with Gasteiger partial charge in [-0.25, -0.2) is 4.89 Å². The molecule has 0 amide bonds. The Bertz CT molecular complexity index is 199. The van der Waals surface area contributed by atoms with Gasteiger partial charge >= 0.3 is 16.6 Å². The van der Waals surface area contributed by atoms with Crippen LogP contribution in [0.25, 0.3) is 0 Å². The van der Waals surface area contributed by atoms with Gasteiger partial charge in [0.15, 0.2) is 0 Å². The normalized spacial score (nSPS) is 24.2. The quantitative estimate of drug-likeness (QED) is 0.415. The first kappa shape index (κ1) is 5.32. The Morgan fingerprint density at radius 1 is 1.38 bits per heavy atom. The van der Waals surface area contributed by atoms with E-state index in [-0.39, 0.29) is 0 Å². The molecule has 7 heteroatoms. The van der Waals surface area contributed by atoms with E-state index in [0.717, 1.165) is 0 Å². The zero-order valence-electron chi connectivity index (χ0n) is 3.36. The fourth-order valence-corrected chi connectivity index (χ4v) is 0.542. The molecule has 1 heterocycles. The fourth-order valence-electron chi connectivity index (χ4n) is 0.181. The minimum absolute atomic E-state index is 1.37. The van der Waals surface area contributed by atoms with Crippen LogP contribution >= 0.6 is 0 Å². The molecule has 0 spiro atoms. The van der Waals surface area contributed by atoms with Gasteiger partial charge in [-0.15, -0.1) is 0 Å². The molecule has 0 unspecified atom stereocenters. The molecular formula is CO6S. The maximum absolute atomic E-state index is 9.85. The molecule has 0 atom stereocenters. The highest BCUT2D eigenvalue weighted by Gasteiger charge is 2.31. The molecule has 0 bridgehead atoms. The lowest BCUT2D eigenvalue weighted by molar-refractivity contribution is -0.120. The minimum Gasteiger partial charge on any atom is -0.286 e. The lowest BCUT2D eigenvalue weighted by Crippen LogP contribution is -1.96. The van der Waals surface area contributed by atoms with Crippen molar-refractivity contribution < 1.29 is 26.6 Å². The van der Waals surface area contributed by atoms with Gasteiger partial charge < -0.3 is 0 Å². The summed E-state index contributed by atoms with van der Waals surface area (Å²) in [6.45, 7) is 0. The summed E-state index contributed by atoms with van der Waals surface area (Å²) in [5, 5.41) is 0. The van der Waals surface area contributed by atoms with Crippen LogP contribution in [0.4, 0.5) is 4.79 Å². The molecule has 1 saturated heterocycles. The van der Waals surface area contributed by atoms with Crippen LogP contribution in [0.5, 0.6) is 0 Å². The van der Waals surface area contributed by atoms with E-state index < -0.39 is 16.6 Å². The van der Waals surface area contributed by atoms with E-state index in [1.165, 1.54) is 0 Å². The monoisotopic (exact) mass is 140 g/mol. The molecule has 46 valence electrons. The van der Waals surface area contributed by atoms with Crippen LogP contribution in [-0.4, -0.2) is 14.6 Å². The molecule has 0 aromatic carbocycles. The van der Waals surface area contributed by atoms with Crippen molar-refractivity contribution in [1.82, 2.24) is 0 Å². The first-order valence-corrected chi connectivity index (χ1v) is 2.78. The van der Waals surface area contributed by atoms with Crippen molar-refractivity contribution in [3.63, 3.8) is 0 Å². The number of hydrogen-bond acceptors (Lipinski definition) is 6. The Labute approximate surface area is 44.2 Å². The van der Waals surface area contributed by atoms with Gasteiger partial charge in [0.25, 0.3) is 0 Å².